The topological polar surface area (TPSA) is 36.9 Å². The molecule has 660 valence electrons. The van der Waals surface area contributed by atoms with E-state index in [9.17, 15) is 0 Å². The molecule has 20 aromatic rings. The summed E-state index contributed by atoms with van der Waals surface area (Å²) in [5, 5.41) is 4.95. The highest BCUT2D eigenvalue weighted by Gasteiger charge is 2.16. The molecule has 0 bridgehead atoms. The number of rotatable bonds is 16. The van der Waals surface area contributed by atoms with E-state index in [-0.39, 0.29) is 5.41 Å². The number of benzene rings is 20. The van der Waals surface area contributed by atoms with E-state index in [1.165, 1.54) is 177 Å². The van der Waals surface area contributed by atoms with Gasteiger partial charge in [0.2, 0.25) is 0 Å². The number of hydrogen-bond donors (Lipinski definition) is 0. The predicted molar refractivity (Wildman–Crippen MR) is 572 cm³/mol. The maximum atomic E-state index is 5.50. The molecule has 0 saturated carbocycles. The van der Waals surface area contributed by atoms with Crippen LogP contribution in [0.3, 0.4) is 0 Å². The Bertz CT molecular complexity index is 7120. The molecule has 0 spiro atoms. The third kappa shape index (κ3) is 24.2. The van der Waals surface area contributed by atoms with E-state index in [2.05, 4.69) is 487 Å². The molecule has 0 unspecified atom stereocenters. The summed E-state index contributed by atoms with van der Waals surface area (Å²) in [4.78, 5) is 0. The van der Waals surface area contributed by atoms with Crippen molar-refractivity contribution in [3.63, 3.8) is 0 Å². The van der Waals surface area contributed by atoms with Gasteiger partial charge in [-0.1, -0.05) is 491 Å². The summed E-state index contributed by atoms with van der Waals surface area (Å²) in [6.45, 7) is 19.4. The number of fused-ring (bicyclic) bond motifs is 2. The molecule has 0 fully saturated rings. The summed E-state index contributed by atoms with van der Waals surface area (Å²) in [7, 11) is 6.71. The fourth-order valence-electron chi connectivity index (χ4n) is 16.4. The second-order valence-electron chi connectivity index (χ2n) is 35.0. The van der Waals surface area contributed by atoms with Crippen molar-refractivity contribution in [3.05, 3.63) is 506 Å². The Morgan fingerprint density at radius 2 is 0.388 bits per heavy atom. The monoisotopic (exact) mass is 1740 g/mol. The zero-order chi connectivity index (χ0) is 93.3. The van der Waals surface area contributed by atoms with Crippen molar-refractivity contribution in [2.45, 2.75) is 67.7 Å². The maximum absolute atomic E-state index is 5.50. The van der Waals surface area contributed by atoms with Crippen LogP contribution < -0.4 is 18.9 Å². The van der Waals surface area contributed by atoms with E-state index in [0.29, 0.717) is 0 Å². The number of methoxy groups -OCH3 is 4. The zero-order valence-electron chi connectivity index (χ0n) is 79.1. The molecule has 4 heteroatoms. The van der Waals surface area contributed by atoms with Crippen LogP contribution in [0.15, 0.2) is 467 Å². The Morgan fingerprint density at radius 1 is 0.157 bits per heavy atom. The van der Waals surface area contributed by atoms with Gasteiger partial charge in [0.05, 0.1) is 28.4 Å². The quantitative estimate of drug-likeness (QED) is 0.0966. The summed E-state index contributed by atoms with van der Waals surface area (Å²) in [5.41, 5.74) is 39.1. The summed E-state index contributed by atoms with van der Waals surface area (Å²) < 4.78 is 21.4. The molecule has 0 saturated heterocycles. The molecule has 0 aliphatic heterocycles. The van der Waals surface area contributed by atoms with Crippen molar-refractivity contribution < 1.29 is 18.9 Å². The van der Waals surface area contributed by atoms with Crippen LogP contribution in [0.1, 0.15) is 59.7 Å². The van der Waals surface area contributed by atoms with Gasteiger partial charge in [-0.3, -0.25) is 0 Å². The van der Waals surface area contributed by atoms with Gasteiger partial charge in [0.25, 0.3) is 0 Å². The van der Waals surface area contributed by atoms with E-state index in [1.807, 2.05) is 42.5 Å². The van der Waals surface area contributed by atoms with Gasteiger partial charge >= 0.3 is 0 Å². The first-order valence-corrected chi connectivity index (χ1v) is 45.9. The van der Waals surface area contributed by atoms with E-state index in [0.717, 1.165) is 39.5 Å². The minimum absolute atomic E-state index is 0.202. The Morgan fingerprint density at radius 3 is 0.701 bits per heavy atom. The molecular weight excluding hydrogens is 1630 g/mol. The van der Waals surface area contributed by atoms with Gasteiger partial charge in [-0.25, -0.2) is 0 Å². The minimum Gasteiger partial charge on any atom is -0.497 e. The van der Waals surface area contributed by atoms with E-state index in [1.54, 1.807) is 28.4 Å². The van der Waals surface area contributed by atoms with Crippen LogP contribution in [0.5, 0.6) is 23.0 Å². The smallest absolute Gasteiger partial charge is 0.161 e. The van der Waals surface area contributed by atoms with Crippen LogP contribution >= 0.6 is 0 Å². The molecular formula is C130H116O4. The average molecular weight is 1740 g/mol. The SMILES string of the molecule is COc1ccc(-c2ccc(-c3ccc(C)cc3)cc2)c2ccccc12.COc1ccc(-c2ccc(-c3ccc(C)cc3)cc2)cc1.COc1ccc(-c2ccc(-c3ccc(C)cc3)cc2)cc1OC.Cc1ccc(-c2ccc(-c3ccc(C(C)(C)C)cc3)cc2)cc1.Cc1ccc(-c2ccc(-c3cccc4ccccc34)cc2)cc1.Cc1ccc(-c2ccc(-c3ccccc3)cc2)cc1. The highest BCUT2D eigenvalue weighted by molar-refractivity contribution is 6.01. The molecule has 0 aliphatic rings. The van der Waals surface area contributed by atoms with Gasteiger partial charge in [0, 0.05) is 5.39 Å². The van der Waals surface area contributed by atoms with Crippen LogP contribution in [0.4, 0.5) is 0 Å². The van der Waals surface area contributed by atoms with Crippen molar-refractivity contribution in [1.29, 1.82) is 0 Å². The lowest BCUT2D eigenvalue weighted by molar-refractivity contribution is 0.355. The van der Waals surface area contributed by atoms with Crippen LogP contribution in [-0.4, -0.2) is 28.4 Å². The first-order valence-electron chi connectivity index (χ1n) is 45.9. The number of hydrogen-bond acceptors (Lipinski definition) is 4. The highest BCUT2D eigenvalue weighted by Crippen LogP contribution is 2.39. The van der Waals surface area contributed by atoms with Crippen molar-refractivity contribution in [1.82, 2.24) is 0 Å². The Balaban J connectivity index is 0.000000123. The number of aryl methyl sites for hydroxylation is 6. The molecule has 0 amide bonds. The Kier molecular flexibility index (Phi) is 30.9. The van der Waals surface area contributed by atoms with Gasteiger partial charge in [-0.15, -0.1) is 0 Å². The number of ether oxygens (including phenoxy) is 4. The lowest BCUT2D eigenvalue weighted by Crippen LogP contribution is -2.10. The molecule has 4 nitrogen and oxygen atoms in total. The first-order chi connectivity index (χ1) is 65.3. The van der Waals surface area contributed by atoms with Crippen LogP contribution in [0, 0.1) is 41.5 Å². The largest absolute Gasteiger partial charge is 0.497 e. The zero-order valence-corrected chi connectivity index (χ0v) is 79.1. The van der Waals surface area contributed by atoms with Gasteiger partial charge in [-0.05, 0) is 233 Å². The average Bonchev–Trinajstić information content (AvgIpc) is 0.777. The van der Waals surface area contributed by atoms with E-state index >= 15 is 0 Å². The van der Waals surface area contributed by atoms with Gasteiger partial charge < -0.3 is 18.9 Å². The van der Waals surface area contributed by atoms with Crippen LogP contribution in [0.2, 0.25) is 0 Å². The van der Waals surface area contributed by atoms with Crippen molar-refractivity contribution >= 4 is 21.5 Å². The minimum atomic E-state index is 0.202. The van der Waals surface area contributed by atoms with Gasteiger partial charge in [0.1, 0.15) is 11.5 Å². The molecule has 0 radical (unpaired) electrons. The molecule has 0 atom stereocenters. The van der Waals surface area contributed by atoms with Crippen LogP contribution in [0.25, 0.3) is 155 Å². The molecule has 0 aromatic heterocycles. The molecule has 134 heavy (non-hydrogen) atoms. The summed E-state index contributed by atoms with van der Waals surface area (Å²) in [6.07, 6.45) is 0. The second kappa shape index (κ2) is 44.6. The molecule has 0 heterocycles. The Hall–Kier alpha value is -15.9. The molecule has 0 aliphatic carbocycles. The maximum Gasteiger partial charge on any atom is 0.161 e. The fourth-order valence-corrected chi connectivity index (χ4v) is 16.4. The van der Waals surface area contributed by atoms with Crippen molar-refractivity contribution in [3.8, 4) is 157 Å². The normalized spacial score (nSPS) is 10.7. The molecule has 20 rings (SSSR count). The third-order valence-corrected chi connectivity index (χ3v) is 24.5. The summed E-state index contributed by atoms with van der Waals surface area (Å²) in [6, 6.07) is 165. The lowest BCUT2D eigenvalue weighted by atomic mass is 9.86. The molecule has 0 N–H and O–H groups in total. The fraction of sp³-hybridized carbons (Fsp3) is 0.108. The van der Waals surface area contributed by atoms with Crippen molar-refractivity contribution in [2.75, 3.05) is 28.4 Å². The Labute approximate surface area is 793 Å². The first kappa shape index (κ1) is 92.8. The highest BCUT2D eigenvalue weighted by atomic mass is 16.5. The predicted octanol–water partition coefficient (Wildman–Crippen LogP) is 35.6. The third-order valence-electron chi connectivity index (χ3n) is 24.5. The lowest BCUT2D eigenvalue weighted by Gasteiger charge is -2.19. The summed E-state index contributed by atoms with van der Waals surface area (Å²) in [5.74, 6) is 3.28. The van der Waals surface area contributed by atoms with Gasteiger partial charge in [0.15, 0.2) is 11.5 Å². The van der Waals surface area contributed by atoms with Gasteiger partial charge in [-0.2, -0.15) is 0 Å². The standard InChI is InChI=1S/C24H20O.C23H18.C23H24.C21H20O2.C20H18O.C19H16/c1-17-7-9-18(10-8-17)19-11-13-20(14-12-19)21-15-16-24(25-2)23-6-4-3-5-22(21)23;1-17-9-11-18(12-10-17)19-13-15-21(16-14-19)23-8-4-6-20-5-2-3-7-22(20)23;1-17-5-7-18(8-6-17)19-9-11-20(12-10-19)21-13-15-22(16-14-21)23(2,3)4;1-15-4-6-16(7-5-15)17-8-10-18(11-9-17)19-12-13-20(22-2)21(14-19)23-3;1-15-3-5-16(6-4-15)17-7-9-18(10-8-17)19-11-13-20(21-2)14-12-19;1-15-7-9-17(10-8-15)19-13-11-18(12-14-19)16-5-3-2-4-6-16/h3-16H,1-2H3;2-16H,1H3;5-16H,1-4H3;4-14H,1-3H3;3-14H,1-2H3;2-14H,1H3. The second-order valence-corrected chi connectivity index (χ2v) is 35.0. The molecule has 20 aromatic carbocycles. The summed E-state index contributed by atoms with van der Waals surface area (Å²) >= 11 is 0. The van der Waals surface area contributed by atoms with E-state index in [4.69, 9.17) is 18.9 Å². The van der Waals surface area contributed by atoms with Crippen molar-refractivity contribution in [2.24, 2.45) is 0 Å². The van der Waals surface area contributed by atoms with Crippen LogP contribution in [-0.2, 0) is 5.41 Å². The van der Waals surface area contributed by atoms with E-state index < -0.39 is 0 Å².